The van der Waals surface area contributed by atoms with Crippen molar-refractivity contribution >= 4 is 16.5 Å². The van der Waals surface area contributed by atoms with Crippen molar-refractivity contribution in [1.82, 2.24) is 10.2 Å². The van der Waals surface area contributed by atoms with Crippen molar-refractivity contribution in [3.8, 4) is 5.75 Å². The van der Waals surface area contributed by atoms with Crippen LogP contribution in [0.5, 0.6) is 5.75 Å². The molecule has 3 aliphatic rings. The fraction of sp³-hybridized carbons (Fsp3) is 0.385. The number of nitrogens with zero attached hydrogens (tertiary/aromatic N) is 2. The number of ether oxygens (including phenoxy) is 1. The molecule has 0 amide bonds. The van der Waals surface area contributed by atoms with Crippen LogP contribution in [0.15, 0.2) is 60.7 Å². The van der Waals surface area contributed by atoms with E-state index in [1.165, 1.54) is 40.4 Å². The third kappa shape index (κ3) is 2.74. The molecule has 1 N–H and O–H groups in total. The molecule has 2 aliphatic heterocycles. The summed E-state index contributed by atoms with van der Waals surface area (Å²) in [7, 11) is 1.73. The topological polar surface area (TPSA) is 27.7 Å². The van der Waals surface area contributed by atoms with Crippen LogP contribution in [0.3, 0.4) is 0 Å². The van der Waals surface area contributed by atoms with Crippen LogP contribution >= 0.6 is 0 Å². The summed E-state index contributed by atoms with van der Waals surface area (Å²) >= 11 is 0. The Kier molecular flexibility index (Phi) is 4.25. The molecule has 1 unspecified atom stereocenters. The monoisotopic (exact) mass is 399 g/mol. The van der Waals surface area contributed by atoms with Crippen molar-refractivity contribution < 1.29 is 4.74 Å². The van der Waals surface area contributed by atoms with E-state index in [1.807, 2.05) is 0 Å². The van der Waals surface area contributed by atoms with Gasteiger partial charge in [0.25, 0.3) is 0 Å². The Hall–Kier alpha value is -2.56. The van der Waals surface area contributed by atoms with Crippen molar-refractivity contribution in [3.63, 3.8) is 0 Å². The predicted octanol–water partition coefficient (Wildman–Crippen LogP) is 4.35. The lowest BCUT2D eigenvalue weighted by Gasteiger charge is -2.47. The van der Waals surface area contributed by atoms with Crippen molar-refractivity contribution in [2.75, 3.05) is 38.3 Å². The Balaban J connectivity index is 1.22. The molecule has 2 heterocycles. The van der Waals surface area contributed by atoms with E-state index in [4.69, 9.17) is 4.74 Å². The second kappa shape index (κ2) is 7.00. The molecular formula is C26H29N3O. The van der Waals surface area contributed by atoms with Gasteiger partial charge in [-0.05, 0) is 65.4 Å². The first-order valence-corrected chi connectivity index (χ1v) is 11.1. The van der Waals surface area contributed by atoms with Crippen LogP contribution < -0.4 is 15.0 Å². The van der Waals surface area contributed by atoms with Crippen molar-refractivity contribution in [1.29, 1.82) is 0 Å². The molecule has 4 heteroatoms. The molecule has 4 nitrogen and oxygen atoms in total. The summed E-state index contributed by atoms with van der Waals surface area (Å²) in [6.07, 6.45) is 3.56. The third-order valence-corrected chi connectivity index (χ3v) is 7.65. The maximum atomic E-state index is 5.35. The number of rotatable bonds is 3. The van der Waals surface area contributed by atoms with E-state index in [1.54, 1.807) is 7.11 Å². The Morgan fingerprint density at radius 3 is 2.50 bits per heavy atom. The van der Waals surface area contributed by atoms with E-state index >= 15 is 0 Å². The average Bonchev–Trinajstić information content (AvgIpc) is 3.38. The van der Waals surface area contributed by atoms with Gasteiger partial charge < -0.3 is 9.64 Å². The van der Waals surface area contributed by atoms with Gasteiger partial charge in [0, 0.05) is 31.4 Å². The first kappa shape index (κ1) is 18.2. The summed E-state index contributed by atoms with van der Waals surface area (Å²) in [6.45, 7) is 4.32. The molecule has 2 saturated heterocycles. The summed E-state index contributed by atoms with van der Waals surface area (Å²) in [5, 5.41) is 6.55. The van der Waals surface area contributed by atoms with E-state index in [2.05, 4.69) is 75.8 Å². The number of likely N-dealkylation sites (tertiary alicyclic amines) is 1. The zero-order valence-corrected chi connectivity index (χ0v) is 17.6. The van der Waals surface area contributed by atoms with Crippen LogP contribution in [-0.4, -0.2) is 43.9 Å². The summed E-state index contributed by atoms with van der Waals surface area (Å²) in [5.41, 5.74) is 4.58. The highest BCUT2D eigenvalue weighted by molar-refractivity contribution is 5.91. The molecular weight excluding hydrogens is 370 g/mol. The lowest BCUT2D eigenvalue weighted by molar-refractivity contribution is 0.124. The molecule has 154 valence electrons. The summed E-state index contributed by atoms with van der Waals surface area (Å²) < 4.78 is 5.35. The Morgan fingerprint density at radius 1 is 0.967 bits per heavy atom. The van der Waals surface area contributed by atoms with E-state index in [0.717, 1.165) is 38.5 Å². The smallest absolute Gasteiger partial charge is 0.119 e. The molecule has 1 atom stereocenters. The molecule has 2 fully saturated rings. The summed E-state index contributed by atoms with van der Waals surface area (Å²) in [5.74, 6) is 0.921. The molecule has 3 aromatic rings. The van der Waals surface area contributed by atoms with Crippen molar-refractivity contribution in [3.05, 3.63) is 71.8 Å². The second-order valence-electron chi connectivity index (χ2n) is 9.05. The number of nitrogens with one attached hydrogen (secondary N) is 1. The number of hydrogen-bond donors (Lipinski definition) is 1. The lowest BCUT2D eigenvalue weighted by atomic mass is 9.85. The van der Waals surface area contributed by atoms with Crippen LogP contribution in [0.4, 0.5) is 5.69 Å². The fourth-order valence-corrected chi connectivity index (χ4v) is 6.03. The van der Waals surface area contributed by atoms with Gasteiger partial charge in [-0.25, -0.2) is 0 Å². The number of hydrogen-bond acceptors (Lipinski definition) is 4. The van der Waals surface area contributed by atoms with Crippen LogP contribution in [0.25, 0.3) is 10.8 Å². The highest BCUT2D eigenvalue weighted by atomic mass is 16.5. The van der Waals surface area contributed by atoms with Gasteiger partial charge in [0.2, 0.25) is 0 Å². The quantitative estimate of drug-likeness (QED) is 0.709. The first-order valence-electron chi connectivity index (χ1n) is 11.1. The van der Waals surface area contributed by atoms with E-state index in [9.17, 15) is 0 Å². The first-order chi connectivity index (χ1) is 14.8. The van der Waals surface area contributed by atoms with Gasteiger partial charge in [-0.1, -0.05) is 36.4 Å². The summed E-state index contributed by atoms with van der Waals surface area (Å²) in [6, 6.07) is 22.7. The summed E-state index contributed by atoms with van der Waals surface area (Å²) in [4.78, 5) is 5.33. The lowest BCUT2D eigenvalue weighted by Crippen LogP contribution is -2.54. The standard InChI is InChI=1S/C26H29N3O/c1-30-22-10-8-21(9-11-22)29-18-27-17-26(29)12-14-28(15-13-26)24-16-20-6-2-4-19-5-3-7-23(24)25(19)20/h2-11,24,27H,12-18H2,1H3. The highest BCUT2D eigenvalue weighted by Crippen LogP contribution is 2.43. The van der Waals surface area contributed by atoms with Crippen LogP contribution in [0.1, 0.15) is 30.0 Å². The minimum Gasteiger partial charge on any atom is -0.497 e. The maximum absolute atomic E-state index is 5.35. The second-order valence-corrected chi connectivity index (χ2v) is 9.05. The molecule has 3 aromatic carbocycles. The van der Waals surface area contributed by atoms with E-state index in [0.29, 0.717) is 6.04 Å². The Bertz CT molecular complexity index is 1060. The van der Waals surface area contributed by atoms with Crippen LogP contribution in [-0.2, 0) is 6.42 Å². The number of piperidine rings is 1. The Labute approximate surface area is 178 Å². The van der Waals surface area contributed by atoms with Gasteiger partial charge in [-0.2, -0.15) is 0 Å². The molecule has 6 rings (SSSR count). The SMILES string of the molecule is COc1ccc(N2CNCC23CCN(C2Cc4cccc5cccc2c45)CC3)cc1. The largest absolute Gasteiger partial charge is 0.497 e. The minimum absolute atomic E-state index is 0.225. The number of methoxy groups -OCH3 is 1. The van der Waals surface area contributed by atoms with Gasteiger partial charge in [0.15, 0.2) is 0 Å². The molecule has 30 heavy (non-hydrogen) atoms. The fourth-order valence-electron chi connectivity index (χ4n) is 6.03. The average molecular weight is 400 g/mol. The maximum Gasteiger partial charge on any atom is 0.119 e. The molecule has 0 radical (unpaired) electrons. The zero-order chi connectivity index (χ0) is 20.1. The van der Waals surface area contributed by atoms with E-state index in [-0.39, 0.29) is 5.54 Å². The highest BCUT2D eigenvalue weighted by Gasteiger charge is 2.45. The van der Waals surface area contributed by atoms with Gasteiger partial charge in [0.1, 0.15) is 5.75 Å². The molecule has 1 aliphatic carbocycles. The van der Waals surface area contributed by atoms with Gasteiger partial charge in [-0.15, -0.1) is 0 Å². The number of anilines is 1. The van der Waals surface area contributed by atoms with Crippen molar-refractivity contribution in [2.24, 2.45) is 0 Å². The number of benzene rings is 3. The normalized spacial score (nSPS) is 22.8. The van der Waals surface area contributed by atoms with Crippen molar-refractivity contribution in [2.45, 2.75) is 30.8 Å². The molecule has 0 aromatic heterocycles. The Morgan fingerprint density at radius 2 is 1.73 bits per heavy atom. The molecule has 1 spiro atoms. The third-order valence-electron chi connectivity index (χ3n) is 7.65. The van der Waals surface area contributed by atoms with Gasteiger partial charge in [-0.3, -0.25) is 10.2 Å². The minimum atomic E-state index is 0.225. The molecule has 0 bridgehead atoms. The van der Waals surface area contributed by atoms with Crippen LogP contribution in [0.2, 0.25) is 0 Å². The van der Waals surface area contributed by atoms with Crippen LogP contribution in [0, 0.1) is 0 Å². The van der Waals surface area contributed by atoms with Gasteiger partial charge in [0.05, 0.1) is 19.3 Å². The zero-order valence-electron chi connectivity index (χ0n) is 17.6. The predicted molar refractivity (Wildman–Crippen MR) is 122 cm³/mol. The van der Waals surface area contributed by atoms with Gasteiger partial charge >= 0.3 is 0 Å². The van der Waals surface area contributed by atoms with E-state index < -0.39 is 0 Å². The molecule has 0 saturated carbocycles.